The monoisotopic (exact) mass is 428 g/mol. The number of hydrogen-bond donors (Lipinski definition) is 2. The Hall–Kier alpha value is -1.96. The second kappa shape index (κ2) is 11.4. The Labute approximate surface area is 178 Å². The lowest BCUT2D eigenvalue weighted by atomic mass is 10.1. The first-order chi connectivity index (χ1) is 14.2. The van der Waals surface area contributed by atoms with Gasteiger partial charge < -0.3 is 15.4 Å². The van der Waals surface area contributed by atoms with Crippen molar-refractivity contribution in [2.24, 2.45) is 16.8 Å². The fourth-order valence-electron chi connectivity index (χ4n) is 3.40. The van der Waals surface area contributed by atoms with E-state index in [1.165, 1.54) is 4.90 Å². The molecule has 1 aromatic rings. The first-order valence-corrected chi connectivity index (χ1v) is 10.7. The SMILES string of the molecule is CCNC(=NCC1CCN(CC(F)(F)F)C1)NC(C)c1ccc(OCC(C)C)cc1. The highest BCUT2D eigenvalue weighted by atomic mass is 19.4. The highest BCUT2D eigenvalue weighted by molar-refractivity contribution is 5.80. The molecule has 1 aliphatic rings. The average molecular weight is 429 g/mol. The number of halogens is 3. The highest BCUT2D eigenvalue weighted by Crippen LogP contribution is 2.23. The Bertz CT molecular complexity index is 661. The van der Waals surface area contributed by atoms with E-state index in [-0.39, 0.29) is 12.0 Å². The smallest absolute Gasteiger partial charge is 0.401 e. The normalized spacial score (nSPS) is 19.2. The highest BCUT2D eigenvalue weighted by Gasteiger charge is 2.34. The van der Waals surface area contributed by atoms with Gasteiger partial charge in [0, 0.05) is 19.6 Å². The van der Waals surface area contributed by atoms with Crippen molar-refractivity contribution in [3.63, 3.8) is 0 Å². The zero-order chi connectivity index (χ0) is 22.1. The topological polar surface area (TPSA) is 48.9 Å². The lowest BCUT2D eigenvalue weighted by Crippen LogP contribution is -2.39. The van der Waals surface area contributed by atoms with Crippen molar-refractivity contribution in [2.75, 3.05) is 39.3 Å². The van der Waals surface area contributed by atoms with E-state index in [1.807, 2.05) is 31.2 Å². The van der Waals surface area contributed by atoms with Crippen LogP contribution in [0.25, 0.3) is 0 Å². The Morgan fingerprint density at radius 3 is 2.53 bits per heavy atom. The second-order valence-electron chi connectivity index (χ2n) is 8.36. The number of hydrogen-bond acceptors (Lipinski definition) is 3. The van der Waals surface area contributed by atoms with Gasteiger partial charge in [-0.25, -0.2) is 0 Å². The van der Waals surface area contributed by atoms with Crippen molar-refractivity contribution in [3.8, 4) is 5.75 Å². The Morgan fingerprint density at radius 1 is 1.23 bits per heavy atom. The quantitative estimate of drug-likeness (QED) is 0.457. The van der Waals surface area contributed by atoms with Crippen LogP contribution in [0.3, 0.4) is 0 Å². The van der Waals surface area contributed by atoms with E-state index in [4.69, 9.17) is 4.74 Å². The lowest BCUT2D eigenvalue weighted by Gasteiger charge is -2.20. The second-order valence-corrected chi connectivity index (χ2v) is 8.36. The van der Waals surface area contributed by atoms with E-state index in [0.29, 0.717) is 44.7 Å². The number of ether oxygens (including phenoxy) is 1. The molecular formula is C22H35F3N4O. The summed E-state index contributed by atoms with van der Waals surface area (Å²) in [6.45, 7) is 10.3. The molecule has 0 aliphatic carbocycles. The molecule has 1 aliphatic heterocycles. The maximum Gasteiger partial charge on any atom is 0.401 e. The summed E-state index contributed by atoms with van der Waals surface area (Å²) in [6.07, 6.45) is -3.40. The van der Waals surface area contributed by atoms with Crippen molar-refractivity contribution in [1.29, 1.82) is 0 Å². The maximum absolute atomic E-state index is 12.6. The van der Waals surface area contributed by atoms with E-state index in [0.717, 1.165) is 17.7 Å². The van der Waals surface area contributed by atoms with E-state index >= 15 is 0 Å². The Kier molecular flexibility index (Phi) is 9.27. The molecule has 1 fully saturated rings. The minimum Gasteiger partial charge on any atom is -0.493 e. The van der Waals surface area contributed by atoms with E-state index in [2.05, 4.69) is 36.4 Å². The molecule has 1 heterocycles. The molecule has 8 heteroatoms. The van der Waals surface area contributed by atoms with Crippen molar-refractivity contribution >= 4 is 5.96 Å². The fraction of sp³-hybridized carbons (Fsp3) is 0.682. The largest absolute Gasteiger partial charge is 0.493 e. The summed E-state index contributed by atoms with van der Waals surface area (Å²) in [5, 5.41) is 6.60. The predicted molar refractivity (Wildman–Crippen MR) is 115 cm³/mol. The molecule has 1 aromatic carbocycles. The van der Waals surface area contributed by atoms with Crippen molar-refractivity contribution in [3.05, 3.63) is 29.8 Å². The molecule has 2 unspecified atom stereocenters. The van der Waals surface area contributed by atoms with Crippen LogP contribution in [0.2, 0.25) is 0 Å². The van der Waals surface area contributed by atoms with Crippen LogP contribution in [-0.4, -0.2) is 56.4 Å². The van der Waals surface area contributed by atoms with Crippen LogP contribution in [0.4, 0.5) is 13.2 Å². The standard InChI is InChI=1S/C22H35F3N4O/c1-5-26-21(27-12-18-10-11-29(13-18)15-22(23,24)25)28-17(4)19-6-8-20(9-7-19)30-14-16(2)3/h6-9,16-18H,5,10-15H2,1-4H3,(H2,26,27,28). The van der Waals surface area contributed by atoms with Gasteiger partial charge in [0.15, 0.2) is 5.96 Å². The van der Waals surface area contributed by atoms with Gasteiger partial charge in [0.05, 0.1) is 19.2 Å². The van der Waals surface area contributed by atoms with E-state index in [1.54, 1.807) is 0 Å². The van der Waals surface area contributed by atoms with Gasteiger partial charge >= 0.3 is 6.18 Å². The third kappa shape index (κ3) is 8.81. The molecule has 5 nitrogen and oxygen atoms in total. The number of benzene rings is 1. The molecule has 0 amide bonds. The Balaban J connectivity index is 1.88. The number of nitrogens with zero attached hydrogens (tertiary/aromatic N) is 2. The summed E-state index contributed by atoms with van der Waals surface area (Å²) in [7, 11) is 0. The number of likely N-dealkylation sites (tertiary alicyclic amines) is 1. The van der Waals surface area contributed by atoms with E-state index < -0.39 is 12.7 Å². The summed E-state index contributed by atoms with van der Waals surface area (Å²) >= 11 is 0. The summed E-state index contributed by atoms with van der Waals surface area (Å²) in [6, 6.07) is 8.03. The molecule has 1 saturated heterocycles. The van der Waals surface area contributed by atoms with Crippen LogP contribution in [0, 0.1) is 11.8 Å². The summed E-state index contributed by atoms with van der Waals surface area (Å²) in [5.41, 5.74) is 1.11. The minimum atomic E-state index is -4.14. The molecular weight excluding hydrogens is 393 g/mol. The van der Waals surface area contributed by atoms with Crippen molar-refractivity contribution in [1.82, 2.24) is 15.5 Å². The van der Waals surface area contributed by atoms with Crippen LogP contribution in [0.15, 0.2) is 29.3 Å². The lowest BCUT2D eigenvalue weighted by molar-refractivity contribution is -0.143. The number of guanidine groups is 1. The Morgan fingerprint density at radius 2 is 1.93 bits per heavy atom. The van der Waals surface area contributed by atoms with Crippen LogP contribution in [-0.2, 0) is 0 Å². The third-order valence-electron chi connectivity index (χ3n) is 4.94. The molecule has 2 atom stereocenters. The average Bonchev–Trinajstić information content (AvgIpc) is 3.10. The molecule has 0 bridgehead atoms. The van der Waals surface area contributed by atoms with Gasteiger partial charge in [-0.3, -0.25) is 9.89 Å². The van der Waals surface area contributed by atoms with Gasteiger partial charge in [0.25, 0.3) is 0 Å². The van der Waals surface area contributed by atoms with Crippen LogP contribution in [0.1, 0.15) is 45.7 Å². The predicted octanol–water partition coefficient (Wildman–Crippen LogP) is 4.22. The van der Waals surface area contributed by atoms with Gasteiger partial charge in [0.2, 0.25) is 0 Å². The van der Waals surface area contributed by atoms with Gasteiger partial charge in [0.1, 0.15) is 5.75 Å². The number of nitrogens with one attached hydrogen (secondary N) is 2. The molecule has 0 saturated carbocycles. The van der Waals surface area contributed by atoms with Gasteiger partial charge in [-0.1, -0.05) is 26.0 Å². The molecule has 2 N–H and O–H groups in total. The minimum absolute atomic E-state index is 0.0345. The van der Waals surface area contributed by atoms with Crippen molar-refractivity contribution in [2.45, 2.75) is 46.3 Å². The third-order valence-corrected chi connectivity index (χ3v) is 4.94. The molecule has 0 aromatic heterocycles. The zero-order valence-corrected chi connectivity index (χ0v) is 18.4. The van der Waals surface area contributed by atoms with Gasteiger partial charge in [-0.05, 0) is 56.3 Å². The number of rotatable bonds is 9. The van der Waals surface area contributed by atoms with E-state index in [9.17, 15) is 13.2 Å². The summed E-state index contributed by atoms with van der Waals surface area (Å²) in [5.74, 6) is 2.16. The first kappa shape index (κ1) is 24.3. The molecule has 0 spiro atoms. The van der Waals surface area contributed by atoms with Crippen LogP contribution in [0.5, 0.6) is 5.75 Å². The maximum atomic E-state index is 12.6. The number of alkyl halides is 3. The van der Waals surface area contributed by atoms with Gasteiger partial charge in [-0.15, -0.1) is 0 Å². The van der Waals surface area contributed by atoms with Gasteiger partial charge in [-0.2, -0.15) is 13.2 Å². The molecule has 0 radical (unpaired) electrons. The fourth-order valence-corrected chi connectivity index (χ4v) is 3.40. The summed E-state index contributed by atoms with van der Waals surface area (Å²) in [4.78, 5) is 6.08. The summed E-state index contributed by atoms with van der Waals surface area (Å²) < 4.78 is 43.4. The molecule has 170 valence electrons. The first-order valence-electron chi connectivity index (χ1n) is 10.7. The number of aliphatic imine (C=N–C) groups is 1. The molecule has 30 heavy (non-hydrogen) atoms. The molecule has 2 rings (SSSR count). The van der Waals surface area contributed by atoms with Crippen LogP contribution >= 0.6 is 0 Å². The van der Waals surface area contributed by atoms with Crippen molar-refractivity contribution < 1.29 is 17.9 Å². The van der Waals surface area contributed by atoms with Crippen LogP contribution < -0.4 is 15.4 Å². The zero-order valence-electron chi connectivity index (χ0n) is 18.4.